The first-order chi connectivity index (χ1) is 4.87. The largest absolute Gasteiger partial charge is 0.396 e. The molecule has 0 aromatic rings. The average Bonchev–Trinajstić information content (AvgIpc) is 2.47. The van der Waals surface area contributed by atoms with Crippen molar-refractivity contribution in [2.45, 2.75) is 25.7 Å². The van der Waals surface area contributed by atoms with Crippen molar-refractivity contribution in [2.75, 3.05) is 6.61 Å². The molecule has 0 aliphatic heterocycles. The van der Waals surface area contributed by atoms with Crippen LogP contribution in [-0.4, -0.2) is 11.7 Å². The Hall–Kier alpha value is -0.0400. The lowest BCUT2D eigenvalue weighted by Gasteiger charge is -2.19. The van der Waals surface area contributed by atoms with Gasteiger partial charge in [-0.2, -0.15) is 0 Å². The van der Waals surface area contributed by atoms with Crippen LogP contribution in [0.2, 0.25) is 0 Å². The highest BCUT2D eigenvalue weighted by molar-refractivity contribution is 5.17. The van der Waals surface area contributed by atoms with Crippen LogP contribution in [0.3, 0.4) is 0 Å². The summed E-state index contributed by atoms with van der Waals surface area (Å²) < 4.78 is 0. The molecule has 1 nitrogen and oxygen atoms in total. The van der Waals surface area contributed by atoms with Crippen LogP contribution in [-0.2, 0) is 0 Å². The van der Waals surface area contributed by atoms with E-state index in [1.54, 1.807) is 0 Å². The summed E-state index contributed by atoms with van der Waals surface area (Å²) in [5.41, 5.74) is 0.475. The third kappa shape index (κ3) is 0.402. The predicted octanol–water partition coefficient (Wildman–Crippen LogP) is 1.41. The van der Waals surface area contributed by atoms with E-state index in [4.69, 9.17) is 0 Å². The zero-order valence-electron chi connectivity index (χ0n) is 6.21. The minimum Gasteiger partial charge on any atom is -0.396 e. The molecule has 2 bridgehead atoms. The fraction of sp³-hybridized carbons (Fsp3) is 1.00. The molecule has 0 radical (unpaired) electrons. The quantitative estimate of drug-likeness (QED) is 0.581. The van der Waals surface area contributed by atoms with Gasteiger partial charge in [0.2, 0.25) is 0 Å². The minimum atomic E-state index is 0.475. The molecule has 3 saturated carbocycles. The van der Waals surface area contributed by atoms with Crippen molar-refractivity contribution in [3.8, 4) is 0 Å². The van der Waals surface area contributed by atoms with E-state index in [9.17, 15) is 5.11 Å². The van der Waals surface area contributed by atoms with Crippen molar-refractivity contribution in [3.63, 3.8) is 0 Å². The van der Waals surface area contributed by atoms with Crippen molar-refractivity contribution in [1.82, 2.24) is 0 Å². The number of hydrogen-bond acceptors (Lipinski definition) is 1. The lowest BCUT2D eigenvalue weighted by molar-refractivity contribution is 0.152. The average molecular weight is 138 g/mol. The molecule has 0 aromatic heterocycles. The Kier molecular flexibility index (Phi) is 0.797. The summed E-state index contributed by atoms with van der Waals surface area (Å²) in [6.07, 6.45) is 5.70. The van der Waals surface area contributed by atoms with Gasteiger partial charge in [-0.3, -0.25) is 0 Å². The molecule has 3 fully saturated rings. The molecule has 4 unspecified atom stereocenters. The SMILES string of the molecule is OCC12CC1C1CCC2C1. The molecule has 0 aromatic carbocycles. The second kappa shape index (κ2) is 1.42. The van der Waals surface area contributed by atoms with Crippen LogP contribution >= 0.6 is 0 Å². The van der Waals surface area contributed by atoms with Gasteiger partial charge in [-0.15, -0.1) is 0 Å². The Morgan fingerprint density at radius 3 is 2.80 bits per heavy atom. The van der Waals surface area contributed by atoms with Crippen LogP contribution in [0, 0.1) is 23.2 Å². The standard InChI is InChI=1S/C9H14O/c10-5-9-4-8(9)6-1-2-7(9)3-6/h6-8,10H,1-5H2. The Morgan fingerprint density at radius 2 is 2.30 bits per heavy atom. The van der Waals surface area contributed by atoms with Crippen LogP contribution in [0.1, 0.15) is 25.7 Å². The predicted molar refractivity (Wildman–Crippen MR) is 38.5 cm³/mol. The fourth-order valence-electron chi connectivity index (χ4n) is 3.67. The molecular formula is C9H14O. The number of aliphatic hydroxyl groups is 1. The van der Waals surface area contributed by atoms with E-state index in [0.29, 0.717) is 12.0 Å². The molecule has 1 heteroatoms. The Labute approximate surface area is 61.4 Å². The van der Waals surface area contributed by atoms with Crippen molar-refractivity contribution in [2.24, 2.45) is 23.2 Å². The van der Waals surface area contributed by atoms with Crippen molar-refractivity contribution in [3.05, 3.63) is 0 Å². The molecule has 0 saturated heterocycles. The first kappa shape index (κ1) is 5.59. The Bertz CT molecular complexity index is 178. The van der Waals surface area contributed by atoms with E-state index >= 15 is 0 Å². The third-order valence-electron chi connectivity index (χ3n) is 4.33. The summed E-state index contributed by atoms with van der Waals surface area (Å²) in [6, 6.07) is 0. The van der Waals surface area contributed by atoms with Gasteiger partial charge >= 0.3 is 0 Å². The Morgan fingerprint density at radius 1 is 1.40 bits per heavy atom. The first-order valence-electron chi connectivity index (χ1n) is 4.48. The molecule has 3 aliphatic rings. The van der Waals surface area contributed by atoms with Gasteiger partial charge in [0.05, 0.1) is 0 Å². The van der Waals surface area contributed by atoms with Gasteiger partial charge in [-0.25, -0.2) is 0 Å². The van der Waals surface area contributed by atoms with Gasteiger partial charge in [0.1, 0.15) is 0 Å². The maximum atomic E-state index is 9.19. The lowest BCUT2D eigenvalue weighted by Crippen LogP contribution is -2.17. The summed E-state index contributed by atoms with van der Waals surface area (Å²) in [5, 5.41) is 9.19. The van der Waals surface area contributed by atoms with Gasteiger partial charge in [0, 0.05) is 6.61 Å². The molecule has 0 spiro atoms. The second-order valence-corrected chi connectivity index (χ2v) is 4.47. The minimum absolute atomic E-state index is 0.475. The van der Waals surface area contributed by atoms with Gasteiger partial charge in [-0.05, 0) is 48.9 Å². The number of hydrogen-bond donors (Lipinski definition) is 1. The molecule has 3 aliphatic carbocycles. The molecule has 0 heterocycles. The zero-order valence-corrected chi connectivity index (χ0v) is 6.21. The van der Waals surface area contributed by atoms with Crippen LogP contribution in [0.25, 0.3) is 0 Å². The van der Waals surface area contributed by atoms with Crippen LogP contribution in [0.4, 0.5) is 0 Å². The van der Waals surface area contributed by atoms with Gasteiger partial charge in [0.25, 0.3) is 0 Å². The normalized spacial score (nSPS) is 62.7. The maximum Gasteiger partial charge on any atom is 0.0492 e. The molecule has 10 heavy (non-hydrogen) atoms. The highest BCUT2D eigenvalue weighted by Crippen LogP contribution is 2.74. The molecule has 3 rings (SSSR count). The molecule has 56 valence electrons. The van der Waals surface area contributed by atoms with Gasteiger partial charge in [0.15, 0.2) is 0 Å². The van der Waals surface area contributed by atoms with Crippen molar-refractivity contribution < 1.29 is 5.11 Å². The maximum absolute atomic E-state index is 9.19. The summed E-state index contributed by atoms with van der Waals surface area (Å²) >= 11 is 0. The highest BCUT2D eigenvalue weighted by atomic mass is 16.3. The number of rotatable bonds is 1. The smallest absolute Gasteiger partial charge is 0.0492 e. The molecule has 4 atom stereocenters. The van der Waals surface area contributed by atoms with E-state index in [2.05, 4.69) is 0 Å². The van der Waals surface area contributed by atoms with E-state index in [0.717, 1.165) is 17.8 Å². The van der Waals surface area contributed by atoms with Crippen molar-refractivity contribution in [1.29, 1.82) is 0 Å². The van der Waals surface area contributed by atoms with E-state index in [1.165, 1.54) is 25.7 Å². The topological polar surface area (TPSA) is 20.2 Å². The van der Waals surface area contributed by atoms with Crippen molar-refractivity contribution >= 4 is 0 Å². The number of fused-ring (bicyclic) bond motifs is 5. The second-order valence-electron chi connectivity index (χ2n) is 4.47. The van der Waals surface area contributed by atoms with Crippen LogP contribution in [0.15, 0.2) is 0 Å². The van der Waals surface area contributed by atoms with Gasteiger partial charge < -0.3 is 5.11 Å². The van der Waals surface area contributed by atoms with Gasteiger partial charge in [-0.1, -0.05) is 0 Å². The molecule has 1 N–H and O–H groups in total. The molecular weight excluding hydrogens is 124 g/mol. The monoisotopic (exact) mass is 138 g/mol. The highest BCUT2D eigenvalue weighted by Gasteiger charge is 2.68. The van der Waals surface area contributed by atoms with E-state index < -0.39 is 0 Å². The summed E-state index contributed by atoms with van der Waals surface area (Å²) in [6.45, 7) is 0.485. The van der Waals surface area contributed by atoms with E-state index in [1.807, 2.05) is 0 Å². The lowest BCUT2D eigenvalue weighted by atomic mass is 9.88. The third-order valence-corrected chi connectivity index (χ3v) is 4.33. The first-order valence-corrected chi connectivity index (χ1v) is 4.48. The summed E-state index contributed by atoms with van der Waals surface area (Å²) in [4.78, 5) is 0. The summed E-state index contributed by atoms with van der Waals surface area (Å²) in [7, 11) is 0. The zero-order chi connectivity index (χ0) is 6.77. The van der Waals surface area contributed by atoms with Crippen LogP contribution < -0.4 is 0 Å². The van der Waals surface area contributed by atoms with Crippen LogP contribution in [0.5, 0.6) is 0 Å². The van der Waals surface area contributed by atoms with E-state index in [-0.39, 0.29) is 0 Å². The molecule has 0 amide bonds. The fourth-order valence-corrected chi connectivity index (χ4v) is 3.67. The number of aliphatic hydroxyl groups excluding tert-OH is 1. The summed E-state index contributed by atoms with van der Waals surface area (Å²) in [5.74, 6) is 2.90. The Balaban J connectivity index is 1.95.